The van der Waals surface area contributed by atoms with Crippen LogP contribution >= 0.6 is 0 Å². The van der Waals surface area contributed by atoms with Crippen molar-refractivity contribution in [3.63, 3.8) is 0 Å². The Kier molecular flexibility index (Phi) is 11.8. The standard InChI is InChI=1S/C7H15NO2.C2H6/c1-4-6-8(5-2)7(9)10-3;1-2/h4-6H2,1-3H3;1-2H3. The lowest BCUT2D eigenvalue weighted by molar-refractivity contribution is 0.126. The van der Waals surface area contributed by atoms with Gasteiger partial charge in [0.1, 0.15) is 0 Å². The summed E-state index contributed by atoms with van der Waals surface area (Å²) >= 11 is 0. The third kappa shape index (κ3) is 6.01. The molecule has 0 aromatic heterocycles. The van der Waals surface area contributed by atoms with Gasteiger partial charge in [0.15, 0.2) is 0 Å². The highest BCUT2D eigenvalue weighted by atomic mass is 16.5. The first-order chi connectivity index (χ1) is 5.76. The number of hydrogen-bond acceptors (Lipinski definition) is 2. The molecule has 0 heterocycles. The largest absolute Gasteiger partial charge is 0.453 e. The van der Waals surface area contributed by atoms with E-state index < -0.39 is 0 Å². The van der Waals surface area contributed by atoms with Crippen LogP contribution in [0.3, 0.4) is 0 Å². The average molecular weight is 175 g/mol. The number of nitrogens with zero attached hydrogens (tertiary/aromatic N) is 1. The molecule has 0 aliphatic rings. The first-order valence-electron chi connectivity index (χ1n) is 4.59. The Morgan fingerprint density at radius 3 is 2.08 bits per heavy atom. The molecule has 0 rings (SSSR count). The molecule has 3 heteroatoms. The summed E-state index contributed by atoms with van der Waals surface area (Å²) in [5.41, 5.74) is 0. The highest BCUT2D eigenvalue weighted by molar-refractivity contribution is 5.67. The Balaban J connectivity index is 0. The summed E-state index contributed by atoms with van der Waals surface area (Å²) < 4.78 is 4.54. The number of hydrogen-bond donors (Lipinski definition) is 0. The SMILES string of the molecule is CC.CCCN(CC)C(=O)OC. The third-order valence-corrected chi connectivity index (χ3v) is 1.31. The van der Waals surface area contributed by atoms with Gasteiger partial charge in [-0.2, -0.15) is 0 Å². The lowest BCUT2D eigenvalue weighted by atomic mass is 10.4. The van der Waals surface area contributed by atoms with Crippen LogP contribution in [0.15, 0.2) is 0 Å². The van der Waals surface area contributed by atoms with Gasteiger partial charge in [-0.25, -0.2) is 4.79 Å². The molecule has 0 aromatic rings. The molecule has 0 saturated heterocycles. The molecule has 0 unspecified atom stereocenters. The van der Waals surface area contributed by atoms with Gasteiger partial charge in [-0.3, -0.25) is 0 Å². The van der Waals surface area contributed by atoms with Crippen LogP contribution in [-0.2, 0) is 4.74 Å². The van der Waals surface area contributed by atoms with Gasteiger partial charge in [0.25, 0.3) is 0 Å². The van der Waals surface area contributed by atoms with Crippen LogP contribution in [-0.4, -0.2) is 31.2 Å². The predicted octanol–water partition coefficient (Wildman–Crippen LogP) is 2.51. The number of methoxy groups -OCH3 is 1. The van der Waals surface area contributed by atoms with E-state index in [1.807, 2.05) is 27.7 Å². The fraction of sp³-hybridized carbons (Fsp3) is 0.889. The van der Waals surface area contributed by atoms with E-state index in [2.05, 4.69) is 4.74 Å². The molecule has 74 valence electrons. The van der Waals surface area contributed by atoms with E-state index in [9.17, 15) is 4.79 Å². The van der Waals surface area contributed by atoms with Gasteiger partial charge in [0.05, 0.1) is 7.11 Å². The maximum atomic E-state index is 10.8. The molecule has 0 bridgehead atoms. The van der Waals surface area contributed by atoms with Crippen molar-refractivity contribution in [2.75, 3.05) is 20.2 Å². The van der Waals surface area contributed by atoms with E-state index in [1.54, 1.807) is 4.90 Å². The second kappa shape index (κ2) is 10.3. The van der Waals surface area contributed by atoms with Crippen molar-refractivity contribution in [2.45, 2.75) is 34.1 Å². The fourth-order valence-corrected chi connectivity index (χ4v) is 0.778. The summed E-state index contributed by atoms with van der Waals surface area (Å²) in [6.07, 6.45) is 0.743. The minimum Gasteiger partial charge on any atom is -0.453 e. The Hall–Kier alpha value is -0.730. The van der Waals surface area contributed by atoms with Gasteiger partial charge < -0.3 is 9.64 Å². The van der Waals surface area contributed by atoms with Crippen molar-refractivity contribution in [1.82, 2.24) is 4.90 Å². The molecular weight excluding hydrogens is 154 g/mol. The Morgan fingerprint density at radius 2 is 1.83 bits per heavy atom. The van der Waals surface area contributed by atoms with Crippen molar-refractivity contribution >= 4 is 6.09 Å². The Morgan fingerprint density at radius 1 is 1.33 bits per heavy atom. The first-order valence-corrected chi connectivity index (χ1v) is 4.59. The molecule has 0 spiro atoms. The van der Waals surface area contributed by atoms with Crippen molar-refractivity contribution in [3.8, 4) is 0 Å². The number of carbonyl (C=O) groups is 1. The van der Waals surface area contributed by atoms with Crippen LogP contribution in [0.5, 0.6) is 0 Å². The van der Waals surface area contributed by atoms with Crippen LogP contribution < -0.4 is 0 Å². The summed E-state index contributed by atoms with van der Waals surface area (Å²) in [5, 5.41) is 0. The molecule has 0 aliphatic heterocycles. The molecule has 0 fully saturated rings. The Bertz CT molecular complexity index is 105. The normalized spacial score (nSPS) is 8.08. The van der Waals surface area contributed by atoms with E-state index in [4.69, 9.17) is 0 Å². The number of ether oxygens (including phenoxy) is 1. The maximum absolute atomic E-state index is 10.8. The number of rotatable bonds is 3. The van der Waals surface area contributed by atoms with Gasteiger partial charge in [-0.1, -0.05) is 20.8 Å². The highest BCUT2D eigenvalue weighted by Crippen LogP contribution is 1.93. The van der Waals surface area contributed by atoms with Crippen LogP contribution in [0, 0.1) is 0 Å². The van der Waals surface area contributed by atoms with Gasteiger partial charge in [-0.05, 0) is 13.3 Å². The number of amides is 1. The van der Waals surface area contributed by atoms with Gasteiger partial charge >= 0.3 is 6.09 Å². The molecule has 0 N–H and O–H groups in total. The summed E-state index contributed by atoms with van der Waals surface area (Å²) in [7, 11) is 1.40. The van der Waals surface area contributed by atoms with Crippen LogP contribution in [0.4, 0.5) is 4.79 Å². The summed E-state index contributed by atoms with van der Waals surface area (Å²) in [6.45, 7) is 9.47. The van der Waals surface area contributed by atoms with Gasteiger partial charge in [0.2, 0.25) is 0 Å². The average Bonchev–Trinajstić information content (AvgIpc) is 2.16. The van der Waals surface area contributed by atoms with Crippen molar-refractivity contribution in [2.24, 2.45) is 0 Å². The van der Waals surface area contributed by atoms with E-state index in [1.165, 1.54) is 7.11 Å². The zero-order valence-electron chi connectivity index (χ0n) is 8.89. The number of carbonyl (C=O) groups excluding carboxylic acids is 1. The monoisotopic (exact) mass is 175 g/mol. The van der Waals surface area contributed by atoms with Gasteiger partial charge in [0, 0.05) is 13.1 Å². The van der Waals surface area contributed by atoms with Gasteiger partial charge in [-0.15, -0.1) is 0 Å². The predicted molar refractivity (Wildman–Crippen MR) is 51.3 cm³/mol. The molecular formula is C9H21NO2. The van der Waals surface area contributed by atoms with Crippen molar-refractivity contribution in [3.05, 3.63) is 0 Å². The van der Waals surface area contributed by atoms with Crippen molar-refractivity contribution < 1.29 is 9.53 Å². The minimum absolute atomic E-state index is 0.232. The second-order valence-electron chi connectivity index (χ2n) is 2.05. The smallest absolute Gasteiger partial charge is 0.409 e. The minimum atomic E-state index is -0.232. The van der Waals surface area contributed by atoms with E-state index in [0.717, 1.165) is 19.5 Å². The molecule has 0 radical (unpaired) electrons. The quantitative estimate of drug-likeness (QED) is 0.659. The fourth-order valence-electron chi connectivity index (χ4n) is 0.778. The molecule has 0 aliphatic carbocycles. The molecule has 0 aromatic carbocycles. The first kappa shape index (κ1) is 13.8. The molecule has 0 atom stereocenters. The highest BCUT2D eigenvalue weighted by Gasteiger charge is 2.08. The molecule has 0 saturated carbocycles. The zero-order chi connectivity index (χ0) is 9.98. The van der Waals surface area contributed by atoms with Crippen molar-refractivity contribution in [1.29, 1.82) is 0 Å². The topological polar surface area (TPSA) is 29.5 Å². The van der Waals surface area contributed by atoms with Crippen LogP contribution in [0.1, 0.15) is 34.1 Å². The molecule has 1 amide bonds. The second-order valence-corrected chi connectivity index (χ2v) is 2.05. The summed E-state index contributed by atoms with van der Waals surface area (Å²) in [4.78, 5) is 12.5. The maximum Gasteiger partial charge on any atom is 0.409 e. The molecule has 3 nitrogen and oxygen atoms in total. The summed E-state index contributed by atoms with van der Waals surface area (Å²) in [6, 6.07) is 0. The Labute approximate surface area is 75.7 Å². The molecule has 12 heavy (non-hydrogen) atoms. The van der Waals surface area contributed by atoms with E-state index >= 15 is 0 Å². The lowest BCUT2D eigenvalue weighted by Crippen LogP contribution is -2.31. The van der Waals surface area contributed by atoms with Crippen LogP contribution in [0.25, 0.3) is 0 Å². The van der Waals surface area contributed by atoms with Crippen LogP contribution in [0.2, 0.25) is 0 Å². The lowest BCUT2D eigenvalue weighted by Gasteiger charge is -2.17. The third-order valence-electron chi connectivity index (χ3n) is 1.31. The zero-order valence-corrected chi connectivity index (χ0v) is 8.89. The van der Waals surface area contributed by atoms with E-state index in [0.29, 0.717) is 0 Å². The van der Waals surface area contributed by atoms with E-state index in [-0.39, 0.29) is 6.09 Å². The summed E-state index contributed by atoms with van der Waals surface area (Å²) in [5.74, 6) is 0.